The Balaban J connectivity index is 1.75. The molecule has 0 saturated carbocycles. The molecule has 1 aliphatic rings. The van der Waals surface area contributed by atoms with E-state index in [2.05, 4.69) is 5.32 Å². The van der Waals surface area contributed by atoms with Gasteiger partial charge in [-0.25, -0.2) is 0 Å². The molecular formula is C23H18ClNO5. The average Bonchev–Trinajstić information content (AvgIpc) is 2.78. The van der Waals surface area contributed by atoms with Crippen LogP contribution in [0, 0.1) is 0 Å². The number of halogens is 1. The van der Waals surface area contributed by atoms with Crippen LogP contribution in [0.5, 0.6) is 17.2 Å². The van der Waals surface area contributed by atoms with Crippen molar-refractivity contribution >= 4 is 29.0 Å². The van der Waals surface area contributed by atoms with Crippen molar-refractivity contribution < 1.29 is 23.8 Å². The third kappa shape index (κ3) is 3.95. The molecule has 0 aromatic heterocycles. The molecule has 1 amide bonds. The number of hydrogen-bond donors (Lipinski definition) is 1. The Labute approximate surface area is 178 Å². The first-order valence-corrected chi connectivity index (χ1v) is 9.63. The first-order valence-electron chi connectivity index (χ1n) is 9.25. The first-order chi connectivity index (χ1) is 14.6. The number of anilines is 1. The van der Waals surface area contributed by atoms with Gasteiger partial charge in [-0.2, -0.15) is 0 Å². The molecule has 152 valence electrons. The molecule has 3 aromatic rings. The first kappa shape index (κ1) is 19.8. The van der Waals surface area contributed by atoms with Gasteiger partial charge in [0.15, 0.2) is 17.3 Å². The molecule has 0 unspecified atom stereocenters. The molecule has 30 heavy (non-hydrogen) atoms. The fourth-order valence-corrected chi connectivity index (χ4v) is 3.35. The lowest BCUT2D eigenvalue weighted by molar-refractivity contribution is 0.102. The number of fused-ring (bicyclic) bond motifs is 1. The van der Waals surface area contributed by atoms with Gasteiger partial charge < -0.3 is 19.5 Å². The van der Waals surface area contributed by atoms with Gasteiger partial charge in [-0.1, -0.05) is 29.8 Å². The summed E-state index contributed by atoms with van der Waals surface area (Å²) in [7, 11) is 1.53. The number of carbonyl (C=O) groups is 2. The number of methoxy groups -OCH3 is 1. The molecule has 4 rings (SSSR count). The largest absolute Gasteiger partial charge is 0.497 e. The number of ketones is 1. The van der Waals surface area contributed by atoms with Crippen molar-refractivity contribution in [2.45, 2.75) is 0 Å². The van der Waals surface area contributed by atoms with Gasteiger partial charge in [-0.05, 0) is 36.4 Å². The fourth-order valence-electron chi connectivity index (χ4n) is 3.13. The molecule has 1 heterocycles. The van der Waals surface area contributed by atoms with E-state index in [1.165, 1.54) is 7.11 Å². The summed E-state index contributed by atoms with van der Waals surface area (Å²) < 4.78 is 16.4. The SMILES string of the molecule is COc1cccc(C(=O)Nc2cc3c(cc2C(=O)c2ccccc2Cl)OCCO3)c1. The van der Waals surface area contributed by atoms with Crippen LogP contribution in [0.1, 0.15) is 26.3 Å². The number of nitrogens with one attached hydrogen (secondary N) is 1. The van der Waals surface area contributed by atoms with Gasteiger partial charge in [0, 0.05) is 17.2 Å². The van der Waals surface area contributed by atoms with Gasteiger partial charge in [0.05, 0.1) is 23.4 Å². The monoisotopic (exact) mass is 423 g/mol. The summed E-state index contributed by atoms with van der Waals surface area (Å²) in [5, 5.41) is 3.13. The lowest BCUT2D eigenvalue weighted by Gasteiger charge is -2.21. The molecule has 0 radical (unpaired) electrons. The maximum absolute atomic E-state index is 13.2. The molecule has 6 nitrogen and oxygen atoms in total. The van der Waals surface area contributed by atoms with Crippen LogP contribution in [-0.4, -0.2) is 32.0 Å². The summed E-state index contributed by atoms with van der Waals surface area (Å²) in [4.78, 5) is 26.1. The quantitative estimate of drug-likeness (QED) is 0.607. The molecule has 3 aromatic carbocycles. The second kappa shape index (κ2) is 8.47. The zero-order valence-corrected chi connectivity index (χ0v) is 16.9. The van der Waals surface area contributed by atoms with Gasteiger partial charge in [0.1, 0.15) is 19.0 Å². The summed E-state index contributed by atoms with van der Waals surface area (Å²) in [5.41, 5.74) is 1.27. The maximum Gasteiger partial charge on any atom is 0.255 e. The van der Waals surface area contributed by atoms with Crippen molar-refractivity contribution in [1.82, 2.24) is 0 Å². The fraction of sp³-hybridized carbons (Fsp3) is 0.130. The van der Waals surface area contributed by atoms with Crippen molar-refractivity contribution in [1.29, 1.82) is 0 Å². The van der Waals surface area contributed by atoms with Crippen LogP contribution in [0.3, 0.4) is 0 Å². The van der Waals surface area contributed by atoms with Gasteiger partial charge in [0.2, 0.25) is 0 Å². The minimum atomic E-state index is -0.390. The zero-order chi connectivity index (χ0) is 21.1. The molecule has 7 heteroatoms. The van der Waals surface area contributed by atoms with Crippen LogP contribution in [0.4, 0.5) is 5.69 Å². The van der Waals surface area contributed by atoms with E-state index >= 15 is 0 Å². The standard InChI is InChI=1S/C23H18ClNO5/c1-28-15-6-4-5-14(11-15)23(27)25-19-13-21-20(29-9-10-30-21)12-17(19)22(26)16-7-2-3-8-18(16)24/h2-8,11-13H,9-10H2,1H3,(H,25,27). The number of amides is 1. The van der Waals surface area contributed by atoms with Gasteiger partial charge in [-0.3, -0.25) is 9.59 Å². The van der Waals surface area contributed by atoms with Crippen LogP contribution < -0.4 is 19.5 Å². The van der Waals surface area contributed by atoms with E-state index in [1.54, 1.807) is 60.7 Å². The van der Waals surface area contributed by atoms with Crippen molar-refractivity contribution in [3.05, 3.63) is 82.4 Å². The Morgan fingerprint density at radius 1 is 0.933 bits per heavy atom. The smallest absolute Gasteiger partial charge is 0.255 e. The van der Waals surface area contributed by atoms with Crippen LogP contribution in [0.25, 0.3) is 0 Å². The Morgan fingerprint density at radius 3 is 2.40 bits per heavy atom. The lowest BCUT2D eigenvalue weighted by atomic mass is 10.00. The van der Waals surface area contributed by atoms with Crippen LogP contribution >= 0.6 is 11.6 Å². The number of rotatable bonds is 5. The lowest BCUT2D eigenvalue weighted by Crippen LogP contribution is -2.19. The summed E-state index contributed by atoms with van der Waals surface area (Å²) in [6.45, 7) is 0.760. The minimum absolute atomic E-state index is 0.253. The second-order valence-corrected chi connectivity index (χ2v) is 6.94. The predicted octanol–water partition coefficient (Wildman–Crippen LogP) is 4.60. The Bertz CT molecular complexity index is 1130. The van der Waals surface area contributed by atoms with E-state index in [-0.39, 0.29) is 11.3 Å². The molecule has 0 aliphatic carbocycles. The molecular weight excluding hydrogens is 406 g/mol. The van der Waals surface area contributed by atoms with Crippen LogP contribution in [0.2, 0.25) is 5.02 Å². The highest BCUT2D eigenvalue weighted by Crippen LogP contribution is 2.37. The second-order valence-electron chi connectivity index (χ2n) is 6.54. The summed E-state index contributed by atoms with van der Waals surface area (Å²) in [6, 6.07) is 16.6. The van der Waals surface area contributed by atoms with Crippen molar-refractivity contribution in [2.75, 3.05) is 25.6 Å². The predicted molar refractivity (Wildman–Crippen MR) is 113 cm³/mol. The summed E-state index contributed by atoms with van der Waals surface area (Å²) >= 11 is 6.22. The number of hydrogen-bond acceptors (Lipinski definition) is 5. The molecule has 0 atom stereocenters. The molecule has 0 spiro atoms. The summed E-state index contributed by atoms with van der Waals surface area (Å²) in [5.74, 6) is 0.725. The molecule has 1 N–H and O–H groups in total. The molecule has 0 fully saturated rings. The van der Waals surface area contributed by atoms with E-state index in [1.807, 2.05) is 0 Å². The third-order valence-corrected chi connectivity index (χ3v) is 4.96. The highest BCUT2D eigenvalue weighted by molar-refractivity contribution is 6.35. The molecule has 0 bridgehead atoms. The van der Waals surface area contributed by atoms with E-state index in [4.69, 9.17) is 25.8 Å². The topological polar surface area (TPSA) is 73.9 Å². The van der Waals surface area contributed by atoms with Crippen LogP contribution in [0.15, 0.2) is 60.7 Å². The third-order valence-electron chi connectivity index (χ3n) is 4.63. The van der Waals surface area contributed by atoms with Crippen molar-refractivity contribution in [3.63, 3.8) is 0 Å². The molecule has 0 saturated heterocycles. The van der Waals surface area contributed by atoms with E-state index < -0.39 is 5.91 Å². The van der Waals surface area contributed by atoms with Crippen molar-refractivity contribution in [2.24, 2.45) is 0 Å². The normalized spacial score (nSPS) is 12.2. The molecule has 1 aliphatic heterocycles. The van der Waals surface area contributed by atoms with E-state index in [0.717, 1.165) is 0 Å². The summed E-state index contributed by atoms with van der Waals surface area (Å²) in [6.07, 6.45) is 0. The highest BCUT2D eigenvalue weighted by atomic mass is 35.5. The van der Waals surface area contributed by atoms with E-state index in [9.17, 15) is 9.59 Å². The van der Waals surface area contributed by atoms with Gasteiger partial charge in [-0.15, -0.1) is 0 Å². The van der Waals surface area contributed by atoms with Gasteiger partial charge >= 0.3 is 0 Å². The minimum Gasteiger partial charge on any atom is -0.497 e. The average molecular weight is 424 g/mol. The Hall–Kier alpha value is -3.51. The Kier molecular flexibility index (Phi) is 5.59. The van der Waals surface area contributed by atoms with E-state index in [0.29, 0.717) is 52.3 Å². The highest BCUT2D eigenvalue weighted by Gasteiger charge is 2.23. The van der Waals surface area contributed by atoms with Crippen molar-refractivity contribution in [3.8, 4) is 17.2 Å². The number of ether oxygens (including phenoxy) is 3. The zero-order valence-electron chi connectivity index (χ0n) is 16.1. The van der Waals surface area contributed by atoms with Gasteiger partial charge in [0.25, 0.3) is 5.91 Å². The van der Waals surface area contributed by atoms with Crippen LogP contribution in [-0.2, 0) is 0 Å². The number of carbonyl (C=O) groups excluding carboxylic acids is 2. The maximum atomic E-state index is 13.2. The number of benzene rings is 3. The Morgan fingerprint density at radius 2 is 1.67 bits per heavy atom.